The minimum absolute atomic E-state index is 0.0929. The van der Waals surface area contributed by atoms with Gasteiger partial charge in [-0.25, -0.2) is 26.3 Å². The molecule has 0 radical (unpaired) electrons. The Kier molecular flexibility index (Phi) is 7.48. The van der Waals surface area contributed by atoms with Crippen molar-refractivity contribution in [2.75, 3.05) is 0 Å². The smallest absolute Gasteiger partial charge is 0.429 e. The normalized spacial score (nSPS) is 12.3. The summed E-state index contributed by atoms with van der Waals surface area (Å²) in [5.74, 6) is -11.3. The second kappa shape index (κ2) is 10.2. The molecule has 3 aromatic rings. The van der Waals surface area contributed by atoms with Crippen molar-refractivity contribution in [2.45, 2.75) is 13.0 Å². The van der Waals surface area contributed by atoms with E-state index < -0.39 is 52.3 Å². The van der Waals surface area contributed by atoms with E-state index in [9.17, 15) is 35.1 Å². The molecule has 0 aromatic heterocycles. The van der Waals surface area contributed by atoms with Gasteiger partial charge in [0.2, 0.25) is 0 Å². The first-order chi connectivity index (χ1) is 16.5. The molecule has 3 rings (SSSR count). The standard InChI is InChI=1S/C26H16F8O/c1-3-5-6-14(4-2)15-7-8-18(19(27)9-15)16-10-20(28)24(21(29)11-16)26(33,34)35-17-12-22(30)25(32)23(31)13-17/h3-13H,2H2,1H3/b5-3+,14-6+. The number of hydrogen-bond acceptors (Lipinski definition) is 1. The van der Waals surface area contributed by atoms with Gasteiger partial charge in [0.05, 0.1) is 0 Å². The number of benzene rings is 3. The molecule has 0 saturated heterocycles. The zero-order valence-electron chi connectivity index (χ0n) is 18.0. The molecule has 1 nitrogen and oxygen atoms in total. The van der Waals surface area contributed by atoms with Gasteiger partial charge >= 0.3 is 6.11 Å². The van der Waals surface area contributed by atoms with Crippen LogP contribution in [0.1, 0.15) is 18.1 Å². The van der Waals surface area contributed by atoms with Gasteiger partial charge in [-0.15, -0.1) is 0 Å². The van der Waals surface area contributed by atoms with Crippen LogP contribution in [0.2, 0.25) is 0 Å². The lowest BCUT2D eigenvalue weighted by Gasteiger charge is -2.20. The maximum atomic E-state index is 14.7. The molecule has 0 aliphatic carbocycles. The fourth-order valence-corrected chi connectivity index (χ4v) is 3.21. The number of allylic oxidation sites excluding steroid dienone is 5. The monoisotopic (exact) mass is 496 g/mol. The predicted octanol–water partition coefficient (Wildman–Crippen LogP) is 8.46. The highest BCUT2D eigenvalue weighted by molar-refractivity contribution is 5.77. The highest BCUT2D eigenvalue weighted by Gasteiger charge is 2.41. The summed E-state index contributed by atoms with van der Waals surface area (Å²) < 4.78 is 117. The third kappa shape index (κ3) is 5.45. The quantitative estimate of drug-likeness (QED) is 0.181. The summed E-state index contributed by atoms with van der Waals surface area (Å²) in [6, 6.07) is 4.86. The van der Waals surface area contributed by atoms with Crippen LogP contribution in [0.25, 0.3) is 16.7 Å². The molecule has 9 heteroatoms. The maximum absolute atomic E-state index is 14.7. The van der Waals surface area contributed by atoms with Crippen LogP contribution in [0.4, 0.5) is 35.1 Å². The highest BCUT2D eigenvalue weighted by atomic mass is 19.3. The second-order valence-corrected chi connectivity index (χ2v) is 7.18. The highest BCUT2D eigenvalue weighted by Crippen LogP contribution is 2.38. The van der Waals surface area contributed by atoms with Crippen LogP contribution < -0.4 is 4.74 Å². The Morgan fingerprint density at radius 2 is 1.43 bits per heavy atom. The number of ether oxygens (including phenoxy) is 1. The Bertz CT molecular complexity index is 1300. The van der Waals surface area contributed by atoms with Crippen molar-refractivity contribution in [1.29, 1.82) is 0 Å². The average Bonchev–Trinajstić information content (AvgIpc) is 2.77. The van der Waals surface area contributed by atoms with E-state index in [2.05, 4.69) is 11.3 Å². The Labute approximate surface area is 195 Å². The fraction of sp³-hybridized carbons (Fsp3) is 0.0769. The van der Waals surface area contributed by atoms with Gasteiger partial charge in [0, 0.05) is 17.7 Å². The van der Waals surface area contributed by atoms with E-state index in [0.29, 0.717) is 23.3 Å². The molecule has 0 atom stereocenters. The summed E-state index contributed by atoms with van der Waals surface area (Å²) in [6.07, 6.45) is 1.83. The van der Waals surface area contributed by atoms with Crippen molar-refractivity contribution < 1.29 is 39.9 Å². The van der Waals surface area contributed by atoms with Crippen molar-refractivity contribution in [3.63, 3.8) is 0 Å². The minimum atomic E-state index is -4.75. The van der Waals surface area contributed by atoms with Crippen LogP contribution in [-0.2, 0) is 6.11 Å². The average molecular weight is 496 g/mol. The molecule has 35 heavy (non-hydrogen) atoms. The molecule has 0 amide bonds. The molecule has 0 aliphatic heterocycles. The second-order valence-electron chi connectivity index (χ2n) is 7.18. The van der Waals surface area contributed by atoms with Crippen LogP contribution >= 0.6 is 0 Å². The van der Waals surface area contributed by atoms with Gasteiger partial charge in [0.25, 0.3) is 0 Å². The minimum Gasteiger partial charge on any atom is -0.429 e. The van der Waals surface area contributed by atoms with Crippen LogP contribution in [0.3, 0.4) is 0 Å². The number of hydrogen-bond donors (Lipinski definition) is 0. The first kappa shape index (κ1) is 25.7. The molecule has 0 aliphatic rings. The fourth-order valence-electron chi connectivity index (χ4n) is 3.21. The van der Waals surface area contributed by atoms with Gasteiger partial charge in [-0.05, 0) is 41.8 Å². The van der Waals surface area contributed by atoms with Crippen molar-refractivity contribution in [3.8, 4) is 16.9 Å². The Balaban J connectivity index is 1.99. The Morgan fingerprint density at radius 1 is 0.829 bits per heavy atom. The van der Waals surface area contributed by atoms with Gasteiger partial charge in [-0.2, -0.15) is 8.78 Å². The molecule has 0 unspecified atom stereocenters. The van der Waals surface area contributed by atoms with E-state index in [1.165, 1.54) is 18.2 Å². The number of rotatable bonds is 7. The van der Waals surface area contributed by atoms with Gasteiger partial charge in [0.15, 0.2) is 17.5 Å². The van der Waals surface area contributed by atoms with Crippen molar-refractivity contribution >= 4 is 5.57 Å². The first-order valence-corrected chi connectivity index (χ1v) is 9.95. The zero-order chi connectivity index (χ0) is 25.9. The number of halogens is 8. The number of alkyl halides is 2. The summed E-state index contributed by atoms with van der Waals surface area (Å²) in [5, 5.41) is 0. The summed E-state index contributed by atoms with van der Waals surface area (Å²) in [5.41, 5.74) is -1.58. The molecule has 0 spiro atoms. The Hall–Kier alpha value is -3.88. The molecule has 182 valence electrons. The topological polar surface area (TPSA) is 9.23 Å². The molecular weight excluding hydrogens is 480 g/mol. The molecule has 0 heterocycles. The third-order valence-corrected chi connectivity index (χ3v) is 4.84. The lowest BCUT2D eigenvalue weighted by atomic mass is 9.98. The van der Waals surface area contributed by atoms with Crippen LogP contribution in [-0.4, -0.2) is 0 Å². The molecule has 0 saturated carbocycles. The third-order valence-electron chi connectivity index (χ3n) is 4.84. The summed E-state index contributed by atoms with van der Waals surface area (Å²) in [6.45, 7) is 5.41. The van der Waals surface area contributed by atoms with Gasteiger partial charge in [-0.1, -0.05) is 43.0 Å². The molecule has 0 bridgehead atoms. The van der Waals surface area contributed by atoms with E-state index in [0.717, 1.165) is 6.07 Å². The van der Waals surface area contributed by atoms with E-state index in [1.54, 1.807) is 25.2 Å². The Morgan fingerprint density at radius 3 is 1.94 bits per heavy atom. The van der Waals surface area contributed by atoms with Crippen molar-refractivity contribution in [3.05, 3.63) is 119 Å². The predicted molar refractivity (Wildman–Crippen MR) is 116 cm³/mol. The molecule has 3 aromatic carbocycles. The van der Waals surface area contributed by atoms with E-state index in [4.69, 9.17) is 0 Å². The molecular formula is C26H16F8O. The van der Waals surface area contributed by atoms with Crippen molar-refractivity contribution in [1.82, 2.24) is 0 Å². The van der Waals surface area contributed by atoms with Gasteiger partial charge < -0.3 is 4.74 Å². The first-order valence-electron chi connectivity index (χ1n) is 9.95. The van der Waals surface area contributed by atoms with E-state index in [1.807, 2.05) is 0 Å². The van der Waals surface area contributed by atoms with Gasteiger partial charge in [0.1, 0.15) is 28.8 Å². The van der Waals surface area contributed by atoms with Crippen molar-refractivity contribution in [2.24, 2.45) is 0 Å². The van der Waals surface area contributed by atoms with E-state index >= 15 is 0 Å². The molecule has 0 N–H and O–H groups in total. The molecule has 0 fully saturated rings. The van der Waals surface area contributed by atoms with Gasteiger partial charge in [-0.3, -0.25) is 0 Å². The van der Waals surface area contributed by atoms with E-state index in [-0.39, 0.29) is 23.3 Å². The zero-order valence-corrected chi connectivity index (χ0v) is 18.0. The van der Waals surface area contributed by atoms with Crippen LogP contribution in [0, 0.1) is 34.9 Å². The SMILES string of the molecule is C=C/C(=C\C=C\C)c1ccc(-c2cc(F)c(C(F)(F)Oc3cc(F)c(F)c(F)c3)c(F)c2)c(F)c1. The summed E-state index contributed by atoms with van der Waals surface area (Å²) in [4.78, 5) is 0. The lowest BCUT2D eigenvalue weighted by molar-refractivity contribution is -0.189. The largest absolute Gasteiger partial charge is 0.432 e. The summed E-state index contributed by atoms with van der Waals surface area (Å²) in [7, 11) is 0. The lowest BCUT2D eigenvalue weighted by Crippen LogP contribution is -2.25. The maximum Gasteiger partial charge on any atom is 0.432 e. The van der Waals surface area contributed by atoms with Crippen LogP contribution in [0.15, 0.2) is 73.3 Å². The summed E-state index contributed by atoms with van der Waals surface area (Å²) >= 11 is 0. The van der Waals surface area contributed by atoms with Crippen LogP contribution in [0.5, 0.6) is 5.75 Å².